The smallest absolute Gasteiger partial charge is 0.200 e. The SMILES string of the molecule is CC.CCC1(F)Cc2ccccc2C1=O. The summed E-state index contributed by atoms with van der Waals surface area (Å²) in [5, 5.41) is 0. The second-order valence-electron chi connectivity index (χ2n) is 3.48. The molecule has 1 nitrogen and oxygen atoms in total. The van der Waals surface area contributed by atoms with E-state index in [0.717, 1.165) is 5.56 Å². The van der Waals surface area contributed by atoms with Crippen molar-refractivity contribution in [2.75, 3.05) is 0 Å². The van der Waals surface area contributed by atoms with Crippen LogP contribution in [0.15, 0.2) is 24.3 Å². The van der Waals surface area contributed by atoms with Gasteiger partial charge < -0.3 is 0 Å². The maximum atomic E-state index is 13.9. The average Bonchev–Trinajstić information content (AvgIpc) is 2.56. The van der Waals surface area contributed by atoms with E-state index < -0.39 is 5.67 Å². The van der Waals surface area contributed by atoms with Crippen LogP contribution in [-0.4, -0.2) is 11.5 Å². The summed E-state index contributed by atoms with van der Waals surface area (Å²) in [6.07, 6.45) is 0.513. The van der Waals surface area contributed by atoms with Gasteiger partial charge in [0.1, 0.15) is 0 Å². The van der Waals surface area contributed by atoms with Gasteiger partial charge >= 0.3 is 0 Å². The number of hydrogen-bond donors (Lipinski definition) is 0. The molecule has 0 spiro atoms. The average molecular weight is 208 g/mol. The van der Waals surface area contributed by atoms with E-state index in [-0.39, 0.29) is 18.6 Å². The molecule has 1 aliphatic rings. The molecule has 1 aliphatic carbocycles. The van der Waals surface area contributed by atoms with Crippen LogP contribution in [0.3, 0.4) is 0 Å². The lowest BCUT2D eigenvalue weighted by atomic mass is 9.98. The van der Waals surface area contributed by atoms with Crippen molar-refractivity contribution in [1.82, 2.24) is 0 Å². The van der Waals surface area contributed by atoms with Crippen molar-refractivity contribution in [3.63, 3.8) is 0 Å². The summed E-state index contributed by atoms with van der Waals surface area (Å²) in [6.45, 7) is 5.71. The standard InChI is InChI=1S/C11H11FO.C2H6/c1-2-11(12)7-8-5-3-4-6-9(8)10(11)13;1-2/h3-6H,2,7H2,1H3;1-2H3. The summed E-state index contributed by atoms with van der Waals surface area (Å²) in [5.74, 6) is -0.342. The number of hydrogen-bond acceptors (Lipinski definition) is 1. The first-order valence-electron chi connectivity index (χ1n) is 5.49. The fourth-order valence-electron chi connectivity index (χ4n) is 1.81. The Morgan fingerprint density at radius 3 is 2.47 bits per heavy atom. The monoisotopic (exact) mass is 208 g/mol. The Kier molecular flexibility index (Phi) is 3.61. The fraction of sp³-hybridized carbons (Fsp3) is 0.462. The number of alkyl halides is 1. The van der Waals surface area contributed by atoms with Gasteiger partial charge in [0.2, 0.25) is 5.78 Å². The largest absolute Gasteiger partial charge is 0.291 e. The minimum Gasteiger partial charge on any atom is -0.291 e. The van der Waals surface area contributed by atoms with E-state index in [1.54, 1.807) is 19.1 Å². The third-order valence-electron chi connectivity index (χ3n) is 2.70. The van der Waals surface area contributed by atoms with Crippen LogP contribution in [0.25, 0.3) is 0 Å². The molecule has 0 bridgehead atoms. The molecule has 0 fully saturated rings. The van der Waals surface area contributed by atoms with Crippen molar-refractivity contribution in [2.45, 2.75) is 39.3 Å². The minimum absolute atomic E-state index is 0.249. The van der Waals surface area contributed by atoms with Gasteiger partial charge in [-0.3, -0.25) is 4.79 Å². The van der Waals surface area contributed by atoms with E-state index >= 15 is 0 Å². The summed E-state index contributed by atoms with van der Waals surface area (Å²) >= 11 is 0. The van der Waals surface area contributed by atoms with Crippen LogP contribution >= 0.6 is 0 Å². The van der Waals surface area contributed by atoms with Crippen LogP contribution in [0, 0.1) is 0 Å². The topological polar surface area (TPSA) is 17.1 Å². The second-order valence-corrected chi connectivity index (χ2v) is 3.48. The summed E-state index contributed by atoms with van der Waals surface area (Å²) in [5.41, 5.74) is -0.229. The van der Waals surface area contributed by atoms with Gasteiger partial charge in [-0.1, -0.05) is 45.0 Å². The van der Waals surface area contributed by atoms with Gasteiger partial charge in [-0.25, -0.2) is 4.39 Å². The summed E-state index contributed by atoms with van der Waals surface area (Å²) in [6, 6.07) is 7.14. The Balaban J connectivity index is 0.000000531. The Morgan fingerprint density at radius 1 is 1.33 bits per heavy atom. The minimum atomic E-state index is -1.64. The van der Waals surface area contributed by atoms with E-state index in [9.17, 15) is 9.18 Å². The summed E-state index contributed by atoms with van der Waals surface area (Å²) in [4.78, 5) is 11.6. The third-order valence-corrected chi connectivity index (χ3v) is 2.70. The maximum absolute atomic E-state index is 13.9. The molecule has 1 atom stereocenters. The molecule has 2 rings (SSSR count). The first kappa shape index (κ1) is 11.9. The maximum Gasteiger partial charge on any atom is 0.200 e. The Labute approximate surface area is 90.3 Å². The number of rotatable bonds is 1. The zero-order valence-corrected chi connectivity index (χ0v) is 9.51. The van der Waals surface area contributed by atoms with E-state index in [1.165, 1.54) is 0 Å². The van der Waals surface area contributed by atoms with Crippen LogP contribution in [0.1, 0.15) is 43.1 Å². The van der Waals surface area contributed by atoms with E-state index in [4.69, 9.17) is 0 Å². The molecular formula is C13H17FO. The number of benzene rings is 1. The molecule has 82 valence electrons. The van der Waals surface area contributed by atoms with Gasteiger partial charge in [0.05, 0.1) is 0 Å². The zero-order chi connectivity index (χ0) is 11.5. The van der Waals surface area contributed by atoms with Crippen molar-refractivity contribution in [3.05, 3.63) is 35.4 Å². The van der Waals surface area contributed by atoms with E-state index in [0.29, 0.717) is 5.56 Å². The number of ketones is 1. The summed E-state index contributed by atoms with van der Waals surface area (Å²) < 4.78 is 13.9. The fourth-order valence-corrected chi connectivity index (χ4v) is 1.81. The molecule has 0 aromatic heterocycles. The number of carbonyl (C=O) groups excluding carboxylic acids is 1. The van der Waals surface area contributed by atoms with Crippen LogP contribution in [0.2, 0.25) is 0 Å². The first-order chi connectivity index (χ1) is 7.17. The molecule has 0 N–H and O–H groups in total. The summed E-state index contributed by atoms with van der Waals surface area (Å²) in [7, 11) is 0. The first-order valence-corrected chi connectivity index (χ1v) is 5.49. The lowest BCUT2D eigenvalue weighted by molar-refractivity contribution is 0.0711. The molecule has 1 aromatic carbocycles. The Morgan fingerprint density at radius 2 is 1.93 bits per heavy atom. The second kappa shape index (κ2) is 4.56. The van der Waals surface area contributed by atoms with Crippen molar-refractivity contribution >= 4 is 5.78 Å². The van der Waals surface area contributed by atoms with Crippen LogP contribution in [-0.2, 0) is 6.42 Å². The Hall–Kier alpha value is -1.18. The molecule has 0 saturated heterocycles. The van der Waals surface area contributed by atoms with Crippen LogP contribution in [0.4, 0.5) is 4.39 Å². The molecular weight excluding hydrogens is 191 g/mol. The number of halogens is 1. The molecule has 1 aromatic rings. The molecule has 1 unspecified atom stereocenters. The lowest BCUT2D eigenvalue weighted by Crippen LogP contribution is -2.29. The van der Waals surface area contributed by atoms with Crippen molar-refractivity contribution in [3.8, 4) is 0 Å². The molecule has 0 radical (unpaired) electrons. The molecule has 2 heteroatoms. The normalized spacial score (nSPS) is 23.1. The van der Waals surface area contributed by atoms with Gasteiger partial charge in [0, 0.05) is 12.0 Å². The number of Topliss-reactive ketones (excluding diaryl/α,β-unsaturated/α-hetero) is 1. The van der Waals surface area contributed by atoms with Gasteiger partial charge in [-0.05, 0) is 12.0 Å². The van der Waals surface area contributed by atoms with Crippen molar-refractivity contribution in [2.24, 2.45) is 0 Å². The zero-order valence-electron chi connectivity index (χ0n) is 9.51. The van der Waals surface area contributed by atoms with E-state index in [2.05, 4.69) is 0 Å². The van der Waals surface area contributed by atoms with Gasteiger partial charge in [-0.15, -0.1) is 0 Å². The number of fused-ring (bicyclic) bond motifs is 1. The molecule has 0 saturated carbocycles. The van der Waals surface area contributed by atoms with Gasteiger partial charge in [0.25, 0.3) is 0 Å². The quantitative estimate of drug-likeness (QED) is 0.689. The highest BCUT2D eigenvalue weighted by atomic mass is 19.1. The highest BCUT2D eigenvalue weighted by Gasteiger charge is 2.44. The van der Waals surface area contributed by atoms with Crippen LogP contribution in [0.5, 0.6) is 0 Å². The molecule has 0 heterocycles. The predicted octanol–water partition coefficient (Wildman–Crippen LogP) is 3.57. The Bertz CT molecular complexity index is 359. The molecule has 0 amide bonds. The third kappa shape index (κ3) is 1.94. The highest BCUT2D eigenvalue weighted by Crippen LogP contribution is 2.35. The van der Waals surface area contributed by atoms with Gasteiger partial charge in [-0.2, -0.15) is 0 Å². The lowest BCUT2D eigenvalue weighted by Gasteiger charge is -2.13. The van der Waals surface area contributed by atoms with E-state index in [1.807, 2.05) is 26.0 Å². The predicted molar refractivity (Wildman–Crippen MR) is 60.0 cm³/mol. The van der Waals surface area contributed by atoms with Crippen molar-refractivity contribution in [1.29, 1.82) is 0 Å². The van der Waals surface area contributed by atoms with Crippen LogP contribution < -0.4 is 0 Å². The molecule has 0 aliphatic heterocycles. The van der Waals surface area contributed by atoms with Crippen molar-refractivity contribution < 1.29 is 9.18 Å². The number of carbonyl (C=O) groups is 1. The highest BCUT2D eigenvalue weighted by molar-refractivity contribution is 6.06. The van der Waals surface area contributed by atoms with Gasteiger partial charge in [0.15, 0.2) is 5.67 Å². The molecule has 15 heavy (non-hydrogen) atoms.